The number of hydrogen-bond donors (Lipinski definition) is 0. The molecule has 0 fully saturated rings. The van der Waals surface area contributed by atoms with Crippen LogP contribution in [0.3, 0.4) is 0 Å². The molecule has 0 amide bonds. The summed E-state index contributed by atoms with van der Waals surface area (Å²) in [6.07, 6.45) is 4.36. The van der Waals surface area contributed by atoms with E-state index in [1.165, 1.54) is 0 Å². The van der Waals surface area contributed by atoms with Crippen molar-refractivity contribution >= 4 is 0 Å². The van der Waals surface area contributed by atoms with Gasteiger partial charge in [0.25, 0.3) is 0 Å². The van der Waals surface area contributed by atoms with E-state index in [1.54, 1.807) is 6.61 Å². The van der Waals surface area contributed by atoms with Crippen LogP contribution in [0.15, 0.2) is 0 Å². The molecular weight excluding hydrogens is 176 g/mol. The monoisotopic (exact) mass is 200 g/mol. The average Bonchev–Trinajstić information content (AvgIpc) is 2.09. The second-order valence-electron chi connectivity index (χ2n) is 4.59. The Morgan fingerprint density at radius 3 is 2.43 bits per heavy atom. The topological polar surface area (TPSA) is 18.5 Å². The molecule has 0 spiro atoms. The highest BCUT2D eigenvalue weighted by Crippen LogP contribution is 2.18. The Hall–Kier alpha value is -0.0800. The van der Waals surface area contributed by atoms with Gasteiger partial charge in [-0.2, -0.15) is 0 Å². The summed E-state index contributed by atoms with van der Waals surface area (Å²) >= 11 is 0. The summed E-state index contributed by atoms with van der Waals surface area (Å²) < 4.78 is 0. The zero-order valence-corrected chi connectivity index (χ0v) is 10.0. The summed E-state index contributed by atoms with van der Waals surface area (Å²) in [6, 6.07) is 0. The molecule has 0 N–H and O–H groups in total. The number of hydrogen-bond acceptors (Lipinski definition) is 2. The van der Waals surface area contributed by atoms with E-state index in [2.05, 4.69) is 13.8 Å². The van der Waals surface area contributed by atoms with Crippen molar-refractivity contribution in [3.05, 3.63) is 13.5 Å². The molecule has 0 aliphatic carbocycles. The molecule has 0 saturated heterocycles. The Morgan fingerprint density at radius 2 is 2.00 bits per heavy atom. The molecule has 0 aromatic carbocycles. The van der Waals surface area contributed by atoms with E-state index in [4.69, 9.17) is 9.78 Å². The van der Waals surface area contributed by atoms with E-state index in [0.29, 0.717) is 5.92 Å². The van der Waals surface area contributed by atoms with Crippen LogP contribution in [-0.4, -0.2) is 5.60 Å². The molecule has 2 nitrogen and oxygen atoms in total. The van der Waals surface area contributed by atoms with Crippen LogP contribution in [0.5, 0.6) is 0 Å². The second kappa shape index (κ2) is 7.24. The summed E-state index contributed by atoms with van der Waals surface area (Å²) in [7, 11) is 0. The summed E-state index contributed by atoms with van der Waals surface area (Å²) in [6.45, 7) is 13.7. The Bertz CT molecular complexity index is 127. The van der Waals surface area contributed by atoms with Gasteiger partial charge in [0, 0.05) is 0 Å². The molecule has 1 unspecified atom stereocenters. The molecule has 0 rings (SSSR count). The first-order valence-corrected chi connectivity index (χ1v) is 5.46. The van der Waals surface area contributed by atoms with Crippen LogP contribution < -0.4 is 0 Å². The van der Waals surface area contributed by atoms with E-state index in [9.17, 15) is 0 Å². The molecule has 0 aromatic heterocycles. The normalized spacial score (nSPS) is 14.4. The first-order valence-electron chi connectivity index (χ1n) is 5.46. The van der Waals surface area contributed by atoms with Crippen molar-refractivity contribution in [1.29, 1.82) is 0 Å². The van der Waals surface area contributed by atoms with Crippen molar-refractivity contribution < 1.29 is 9.78 Å². The standard InChI is InChI=1S/C12H24O2/c1-6-8-9-11(7-2)10-13-14-12(3,4)5/h10-11H,1,6-9H2,2-5H3. The summed E-state index contributed by atoms with van der Waals surface area (Å²) in [5.74, 6) is 0.485. The van der Waals surface area contributed by atoms with Gasteiger partial charge in [-0.1, -0.05) is 33.1 Å². The minimum atomic E-state index is -0.235. The molecule has 0 heterocycles. The van der Waals surface area contributed by atoms with Crippen molar-refractivity contribution in [1.82, 2.24) is 0 Å². The Morgan fingerprint density at radius 1 is 1.36 bits per heavy atom. The lowest BCUT2D eigenvalue weighted by atomic mass is 10.0. The number of rotatable bonds is 7. The molecule has 14 heavy (non-hydrogen) atoms. The maximum Gasteiger partial charge on any atom is 0.125 e. The molecule has 2 heteroatoms. The van der Waals surface area contributed by atoms with Crippen molar-refractivity contribution in [2.75, 3.05) is 0 Å². The van der Waals surface area contributed by atoms with Gasteiger partial charge in [-0.05, 0) is 33.1 Å². The number of unbranched alkanes of at least 4 members (excludes halogenated alkanes) is 1. The fraction of sp³-hybridized carbons (Fsp3) is 0.833. The minimum Gasteiger partial charge on any atom is -0.231 e. The summed E-state index contributed by atoms with van der Waals surface area (Å²) in [5.41, 5.74) is -0.235. The van der Waals surface area contributed by atoms with Gasteiger partial charge in [-0.25, -0.2) is 9.78 Å². The third kappa shape index (κ3) is 8.52. The van der Waals surface area contributed by atoms with Crippen LogP contribution in [0.2, 0.25) is 0 Å². The fourth-order valence-corrected chi connectivity index (χ4v) is 1.03. The van der Waals surface area contributed by atoms with E-state index in [0.717, 1.165) is 25.7 Å². The third-order valence-electron chi connectivity index (χ3n) is 1.90. The highest BCUT2D eigenvalue weighted by molar-refractivity contribution is 4.66. The van der Waals surface area contributed by atoms with Crippen LogP contribution >= 0.6 is 0 Å². The van der Waals surface area contributed by atoms with Crippen LogP contribution in [-0.2, 0) is 9.78 Å². The highest BCUT2D eigenvalue weighted by Gasteiger charge is 2.13. The molecule has 1 atom stereocenters. The Balaban J connectivity index is 3.52. The molecule has 0 saturated carbocycles. The predicted octanol–water partition coefficient (Wildman–Crippen LogP) is 3.93. The van der Waals surface area contributed by atoms with Crippen LogP contribution in [0.25, 0.3) is 0 Å². The van der Waals surface area contributed by atoms with E-state index in [1.807, 2.05) is 20.8 Å². The van der Waals surface area contributed by atoms with E-state index < -0.39 is 0 Å². The van der Waals surface area contributed by atoms with Crippen LogP contribution in [0, 0.1) is 19.4 Å². The predicted molar refractivity (Wildman–Crippen MR) is 59.2 cm³/mol. The SMILES string of the molecule is [CH2]CCCC([CH]OOC(C)(C)C)CC. The van der Waals surface area contributed by atoms with E-state index in [-0.39, 0.29) is 5.60 Å². The lowest BCUT2D eigenvalue weighted by molar-refractivity contribution is -0.331. The smallest absolute Gasteiger partial charge is 0.125 e. The maximum atomic E-state index is 5.17. The molecule has 0 aliphatic heterocycles. The van der Waals surface area contributed by atoms with Gasteiger partial charge in [0.15, 0.2) is 0 Å². The van der Waals surface area contributed by atoms with Crippen molar-refractivity contribution in [3.63, 3.8) is 0 Å². The zero-order valence-electron chi connectivity index (χ0n) is 10.0. The Labute approximate surface area is 88.9 Å². The van der Waals surface area contributed by atoms with Gasteiger partial charge in [0.2, 0.25) is 0 Å². The minimum absolute atomic E-state index is 0.235. The van der Waals surface area contributed by atoms with Gasteiger partial charge in [-0.3, -0.25) is 0 Å². The zero-order chi connectivity index (χ0) is 11.0. The fourth-order valence-electron chi connectivity index (χ4n) is 1.03. The maximum absolute atomic E-state index is 5.17. The largest absolute Gasteiger partial charge is 0.231 e. The van der Waals surface area contributed by atoms with Crippen molar-refractivity contribution in [2.45, 2.75) is 59.0 Å². The quantitative estimate of drug-likeness (QED) is 0.458. The second-order valence-corrected chi connectivity index (χ2v) is 4.59. The lowest BCUT2D eigenvalue weighted by Gasteiger charge is -2.20. The van der Waals surface area contributed by atoms with Crippen molar-refractivity contribution in [2.24, 2.45) is 5.92 Å². The molecule has 84 valence electrons. The summed E-state index contributed by atoms with van der Waals surface area (Å²) in [4.78, 5) is 10.3. The van der Waals surface area contributed by atoms with Crippen LogP contribution in [0.1, 0.15) is 53.4 Å². The summed E-state index contributed by atoms with van der Waals surface area (Å²) in [5, 5.41) is 0. The van der Waals surface area contributed by atoms with E-state index >= 15 is 0 Å². The molecular formula is C12H24O2. The van der Waals surface area contributed by atoms with Gasteiger partial charge < -0.3 is 0 Å². The Kier molecular flexibility index (Phi) is 7.20. The molecule has 0 bridgehead atoms. The van der Waals surface area contributed by atoms with Gasteiger partial charge in [0.05, 0.1) is 5.60 Å². The first kappa shape index (κ1) is 13.9. The van der Waals surface area contributed by atoms with Gasteiger partial charge in [0.1, 0.15) is 6.61 Å². The lowest BCUT2D eigenvalue weighted by Crippen LogP contribution is -2.19. The third-order valence-corrected chi connectivity index (χ3v) is 1.90. The van der Waals surface area contributed by atoms with Gasteiger partial charge >= 0.3 is 0 Å². The molecule has 0 aliphatic rings. The first-order chi connectivity index (χ1) is 6.49. The van der Waals surface area contributed by atoms with Gasteiger partial charge in [-0.15, -0.1) is 0 Å². The molecule has 0 aromatic rings. The molecule has 2 radical (unpaired) electrons. The van der Waals surface area contributed by atoms with Crippen molar-refractivity contribution in [3.8, 4) is 0 Å². The average molecular weight is 200 g/mol. The van der Waals surface area contributed by atoms with Crippen LogP contribution in [0.4, 0.5) is 0 Å². The highest BCUT2D eigenvalue weighted by atomic mass is 17.2.